The summed E-state index contributed by atoms with van der Waals surface area (Å²) in [7, 11) is 0. The number of nitrogen functional groups attached to an aromatic ring is 1. The summed E-state index contributed by atoms with van der Waals surface area (Å²) in [6.07, 6.45) is 3.54. The van der Waals surface area contributed by atoms with E-state index in [9.17, 15) is 0 Å². The highest BCUT2D eigenvalue weighted by atomic mass is 15.4. The van der Waals surface area contributed by atoms with Gasteiger partial charge in [-0.3, -0.25) is 9.97 Å². The predicted molar refractivity (Wildman–Crippen MR) is 89.7 cm³/mol. The van der Waals surface area contributed by atoms with Gasteiger partial charge in [-0.25, -0.2) is 4.68 Å². The van der Waals surface area contributed by atoms with Crippen LogP contribution >= 0.6 is 0 Å². The van der Waals surface area contributed by atoms with Crippen molar-refractivity contribution < 1.29 is 0 Å². The maximum Gasteiger partial charge on any atom is 0.165 e. The Bertz CT molecular complexity index is 678. The molecule has 0 fully saturated rings. The van der Waals surface area contributed by atoms with Crippen molar-refractivity contribution in [3.63, 3.8) is 0 Å². The van der Waals surface area contributed by atoms with Crippen LogP contribution in [0.2, 0.25) is 0 Å². The van der Waals surface area contributed by atoms with Crippen LogP contribution in [0.1, 0.15) is 23.0 Å². The first-order valence-corrected chi connectivity index (χ1v) is 7.72. The van der Waals surface area contributed by atoms with Crippen molar-refractivity contribution in [2.75, 3.05) is 5.84 Å². The van der Waals surface area contributed by atoms with E-state index in [1.54, 1.807) is 12.4 Å². The topological polar surface area (TPSA) is 107 Å². The van der Waals surface area contributed by atoms with Crippen LogP contribution in [0, 0.1) is 0 Å². The van der Waals surface area contributed by atoms with E-state index in [0.29, 0.717) is 37.8 Å². The molecule has 0 saturated heterocycles. The molecule has 3 heterocycles. The van der Waals surface area contributed by atoms with Gasteiger partial charge in [-0.2, -0.15) is 0 Å². The number of pyridine rings is 2. The molecule has 0 saturated carbocycles. The van der Waals surface area contributed by atoms with Gasteiger partial charge in [-0.1, -0.05) is 12.1 Å². The normalized spacial score (nSPS) is 10.8. The molecule has 0 aliphatic carbocycles. The SMILES string of the molecule is Nn1c(CNCc2ccccn2)nnc1CNCc1ccccn1. The van der Waals surface area contributed by atoms with Crippen LogP contribution in [-0.4, -0.2) is 24.8 Å². The lowest BCUT2D eigenvalue weighted by molar-refractivity contribution is 0.614. The first-order chi connectivity index (χ1) is 11.8. The Morgan fingerprint density at radius 3 is 1.67 bits per heavy atom. The van der Waals surface area contributed by atoms with Gasteiger partial charge in [0, 0.05) is 25.5 Å². The smallest absolute Gasteiger partial charge is 0.165 e. The van der Waals surface area contributed by atoms with Gasteiger partial charge >= 0.3 is 0 Å². The molecule has 0 aromatic carbocycles. The van der Waals surface area contributed by atoms with Crippen LogP contribution < -0.4 is 16.5 Å². The number of aromatic nitrogens is 5. The molecular formula is C16H20N8. The van der Waals surface area contributed by atoms with Crippen molar-refractivity contribution in [1.29, 1.82) is 0 Å². The van der Waals surface area contributed by atoms with Crippen molar-refractivity contribution in [3.05, 3.63) is 71.8 Å². The molecule has 0 spiro atoms. The number of nitrogens with one attached hydrogen (secondary N) is 2. The number of nitrogens with zero attached hydrogens (tertiary/aromatic N) is 5. The fraction of sp³-hybridized carbons (Fsp3) is 0.250. The molecule has 3 rings (SSSR count). The first kappa shape index (κ1) is 16.0. The van der Waals surface area contributed by atoms with E-state index in [4.69, 9.17) is 5.84 Å². The Morgan fingerprint density at radius 1 is 0.750 bits per heavy atom. The molecule has 0 atom stereocenters. The summed E-state index contributed by atoms with van der Waals surface area (Å²) in [5.41, 5.74) is 1.94. The Morgan fingerprint density at radius 2 is 1.25 bits per heavy atom. The standard InChI is InChI=1S/C16H20N8/c17-24-15(11-18-9-13-5-1-3-7-20-13)22-23-16(24)12-19-10-14-6-2-4-8-21-14/h1-8,18-19H,9-12,17H2. The molecule has 8 nitrogen and oxygen atoms in total. The van der Waals surface area contributed by atoms with Crippen molar-refractivity contribution in [2.45, 2.75) is 26.2 Å². The molecule has 124 valence electrons. The van der Waals surface area contributed by atoms with Crippen molar-refractivity contribution in [1.82, 2.24) is 35.5 Å². The minimum Gasteiger partial charge on any atom is -0.336 e. The van der Waals surface area contributed by atoms with E-state index in [1.165, 1.54) is 4.68 Å². The third-order valence-electron chi connectivity index (χ3n) is 3.47. The number of rotatable bonds is 8. The maximum atomic E-state index is 6.04. The largest absolute Gasteiger partial charge is 0.336 e. The van der Waals surface area contributed by atoms with Crippen LogP contribution in [0.25, 0.3) is 0 Å². The average molecular weight is 324 g/mol. The highest BCUT2D eigenvalue weighted by Gasteiger charge is 2.09. The van der Waals surface area contributed by atoms with Gasteiger partial charge in [0.1, 0.15) is 0 Å². The van der Waals surface area contributed by atoms with Gasteiger partial charge in [0.2, 0.25) is 0 Å². The molecule has 8 heteroatoms. The van der Waals surface area contributed by atoms with Crippen molar-refractivity contribution in [3.8, 4) is 0 Å². The van der Waals surface area contributed by atoms with E-state index in [-0.39, 0.29) is 0 Å². The number of hydrogen-bond acceptors (Lipinski definition) is 7. The second-order valence-corrected chi connectivity index (χ2v) is 5.25. The van der Waals surface area contributed by atoms with Gasteiger partial charge in [-0.15, -0.1) is 10.2 Å². The second kappa shape index (κ2) is 8.14. The molecule has 0 amide bonds. The lowest BCUT2D eigenvalue weighted by atomic mass is 10.3. The van der Waals surface area contributed by atoms with Gasteiger partial charge in [-0.05, 0) is 24.3 Å². The minimum atomic E-state index is 0.528. The van der Waals surface area contributed by atoms with E-state index in [1.807, 2.05) is 36.4 Å². The predicted octanol–water partition coefficient (Wildman–Crippen LogP) is 0.361. The second-order valence-electron chi connectivity index (χ2n) is 5.25. The van der Waals surface area contributed by atoms with Crippen LogP contribution in [0.4, 0.5) is 0 Å². The quantitative estimate of drug-likeness (QED) is 0.514. The Labute approximate surface area is 140 Å². The summed E-state index contributed by atoms with van der Waals surface area (Å²) in [4.78, 5) is 8.51. The Kier molecular flexibility index (Phi) is 5.44. The molecule has 0 unspecified atom stereocenters. The fourth-order valence-electron chi connectivity index (χ4n) is 2.21. The summed E-state index contributed by atoms with van der Waals surface area (Å²) >= 11 is 0. The summed E-state index contributed by atoms with van der Waals surface area (Å²) in [6.45, 7) is 2.36. The summed E-state index contributed by atoms with van der Waals surface area (Å²) in [6, 6.07) is 11.6. The molecule has 0 aliphatic rings. The zero-order valence-electron chi connectivity index (χ0n) is 13.3. The molecule has 4 N–H and O–H groups in total. The molecule has 0 radical (unpaired) electrons. The number of hydrogen-bond donors (Lipinski definition) is 3. The lowest BCUT2D eigenvalue weighted by Gasteiger charge is -2.06. The van der Waals surface area contributed by atoms with E-state index >= 15 is 0 Å². The third-order valence-corrected chi connectivity index (χ3v) is 3.47. The zero-order chi connectivity index (χ0) is 16.6. The summed E-state index contributed by atoms with van der Waals surface area (Å²) in [5, 5.41) is 14.8. The van der Waals surface area contributed by atoms with E-state index < -0.39 is 0 Å². The van der Waals surface area contributed by atoms with Crippen molar-refractivity contribution >= 4 is 0 Å². The first-order valence-electron chi connectivity index (χ1n) is 7.72. The average Bonchev–Trinajstić information content (AvgIpc) is 2.97. The van der Waals surface area contributed by atoms with Crippen LogP contribution in [0.3, 0.4) is 0 Å². The van der Waals surface area contributed by atoms with Crippen molar-refractivity contribution in [2.24, 2.45) is 0 Å². The highest BCUT2D eigenvalue weighted by molar-refractivity contribution is 5.04. The van der Waals surface area contributed by atoms with E-state index in [2.05, 4.69) is 30.8 Å². The zero-order valence-corrected chi connectivity index (χ0v) is 13.3. The molecule has 0 bridgehead atoms. The lowest BCUT2D eigenvalue weighted by Crippen LogP contribution is -2.24. The minimum absolute atomic E-state index is 0.528. The van der Waals surface area contributed by atoms with Crippen LogP contribution in [0.5, 0.6) is 0 Å². The van der Waals surface area contributed by atoms with E-state index in [0.717, 1.165) is 11.4 Å². The van der Waals surface area contributed by atoms with Gasteiger partial charge in [0.05, 0.1) is 24.5 Å². The monoisotopic (exact) mass is 324 g/mol. The Hall–Kier alpha value is -2.84. The summed E-state index contributed by atoms with van der Waals surface area (Å²) in [5.74, 6) is 7.40. The maximum absolute atomic E-state index is 6.04. The third kappa shape index (κ3) is 4.34. The molecule has 24 heavy (non-hydrogen) atoms. The highest BCUT2D eigenvalue weighted by Crippen LogP contribution is 1.99. The van der Waals surface area contributed by atoms with Gasteiger partial charge in [0.15, 0.2) is 11.6 Å². The van der Waals surface area contributed by atoms with Gasteiger partial charge < -0.3 is 16.5 Å². The molecule has 0 aliphatic heterocycles. The summed E-state index contributed by atoms with van der Waals surface area (Å²) < 4.78 is 1.51. The van der Waals surface area contributed by atoms with Gasteiger partial charge in [0.25, 0.3) is 0 Å². The fourth-order valence-corrected chi connectivity index (χ4v) is 2.21. The molecule has 3 aromatic rings. The van der Waals surface area contributed by atoms with Crippen LogP contribution in [-0.2, 0) is 26.2 Å². The van der Waals surface area contributed by atoms with Crippen LogP contribution in [0.15, 0.2) is 48.8 Å². The Balaban J connectivity index is 1.46. The molecule has 3 aromatic heterocycles. The number of nitrogens with two attached hydrogens (primary N) is 1. The molecular weight excluding hydrogens is 304 g/mol.